The van der Waals surface area contributed by atoms with E-state index in [1.807, 2.05) is 12.1 Å². The fourth-order valence-corrected chi connectivity index (χ4v) is 3.91. The zero-order valence-corrected chi connectivity index (χ0v) is 14.6. The molecule has 0 bridgehead atoms. The second-order valence-corrected chi connectivity index (χ2v) is 7.11. The van der Waals surface area contributed by atoms with Crippen LogP contribution < -0.4 is 5.32 Å². The van der Waals surface area contributed by atoms with Gasteiger partial charge in [-0.3, -0.25) is 14.9 Å². The minimum Gasteiger partial charge on any atom is -0.349 e. The van der Waals surface area contributed by atoms with Crippen molar-refractivity contribution >= 4 is 23.4 Å². The maximum atomic E-state index is 12.2. The minimum absolute atomic E-state index is 0.0358. The van der Waals surface area contributed by atoms with Gasteiger partial charge in [0.15, 0.2) is 0 Å². The predicted molar refractivity (Wildman–Crippen MR) is 99.5 cm³/mol. The number of fused-ring (bicyclic) bond motifs is 1. The van der Waals surface area contributed by atoms with Gasteiger partial charge >= 0.3 is 0 Å². The van der Waals surface area contributed by atoms with Crippen molar-refractivity contribution < 1.29 is 9.72 Å². The Bertz CT molecular complexity index is 762. The number of benzene rings is 2. The highest BCUT2D eigenvalue weighted by molar-refractivity contribution is 7.99. The van der Waals surface area contributed by atoms with Crippen molar-refractivity contribution in [3.63, 3.8) is 0 Å². The Hall–Kier alpha value is -2.34. The van der Waals surface area contributed by atoms with Gasteiger partial charge in [0, 0.05) is 17.9 Å². The molecule has 5 nitrogen and oxygen atoms in total. The summed E-state index contributed by atoms with van der Waals surface area (Å²) in [6.45, 7) is 0. The van der Waals surface area contributed by atoms with Crippen LogP contribution in [-0.4, -0.2) is 16.6 Å². The lowest BCUT2D eigenvalue weighted by Gasteiger charge is -2.26. The number of non-ortho nitro benzene ring substituents is 1. The van der Waals surface area contributed by atoms with Gasteiger partial charge in [-0.05, 0) is 36.0 Å². The standard InChI is InChI=1S/C19H20N2O3S/c22-19(13-25-12-14-8-10-16(11-9-14)21(23)24)20-18-7-3-5-15-4-1-2-6-17(15)18/h1-2,4,6,8-11,18H,3,5,7,12-13H2,(H,20,22). The van der Waals surface area contributed by atoms with E-state index in [2.05, 4.69) is 17.4 Å². The molecule has 6 heteroatoms. The molecule has 0 aromatic heterocycles. The number of hydrogen-bond acceptors (Lipinski definition) is 4. The summed E-state index contributed by atoms with van der Waals surface area (Å²) in [4.78, 5) is 22.5. The molecule has 0 radical (unpaired) electrons. The van der Waals surface area contributed by atoms with Crippen LogP contribution in [0, 0.1) is 10.1 Å². The highest BCUT2D eigenvalue weighted by Gasteiger charge is 2.21. The number of nitrogens with one attached hydrogen (secondary N) is 1. The van der Waals surface area contributed by atoms with E-state index in [9.17, 15) is 14.9 Å². The molecular weight excluding hydrogens is 336 g/mol. The van der Waals surface area contributed by atoms with Crippen LogP contribution in [0.25, 0.3) is 0 Å². The van der Waals surface area contributed by atoms with E-state index in [1.54, 1.807) is 12.1 Å². The van der Waals surface area contributed by atoms with Gasteiger partial charge in [0.05, 0.1) is 16.7 Å². The van der Waals surface area contributed by atoms with E-state index in [1.165, 1.54) is 35.0 Å². The SMILES string of the molecule is O=C(CSCc1ccc([N+](=O)[O-])cc1)NC1CCCc2ccccc21. The van der Waals surface area contributed by atoms with Crippen molar-refractivity contribution in [1.82, 2.24) is 5.32 Å². The first-order valence-corrected chi connectivity index (χ1v) is 9.47. The molecular formula is C19H20N2O3S. The molecule has 1 aliphatic rings. The molecule has 2 aromatic rings. The molecule has 3 rings (SSSR count). The number of nitrogens with zero attached hydrogens (tertiary/aromatic N) is 1. The lowest BCUT2D eigenvalue weighted by Crippen LogP contribution is -2.32. The van der Waals surface area contributed by atoms with Crippen LogP contribution in [-0.2, 0) is 17.0 Å². The van der Waals surface area contributed by atoms with Crippen LogP contribution in [0.5, 0.6) is 0 Å². The third kappa shape index (κ3) is 4.60. The lowest BCUT2D eigenvalue weighted by atomic mass is 9.88. The largest absolute Gasteiger partial charge is 0.349 e. The van der Waals surface area contributed by atoms with E-state index in [0.29, 0.717) is 11.5 Å². The number of carbonyl (C=O) groups is 1. The second kappa shape index (κ2) is 8.16. The molecule has 25 heavy (non-hydrogen) atoms. The molecule has 0 saturated heterocycles. The smallest absolute Gasteiger partial charge is 0.269 e. The number of hydrogen-bond donors (Lipinski definition) is 1. The van der Waals surface area contributed by atoms with Crippen molar-refractivity contribution in [2.45, 2.75) is 31.1 Å². The van der Waals surface area contributed by atoms with Crippen LogP contribution in [0.4, 0.5) is 5.69 Å². The van der Waals surface area contributed by atoms with Gasteiger partial charge in [-0.2, -0.15) is 0 Å². The molecule has 1 unspecified atom stereocenters. The first-order valence-electron chi connectivity index (χ1n) is 8.32. The van der Waals surface area contributed by atoms with Gasteiger partial charge in [0.2, 0.25) is 5.91 Å². The Morgan fingerprint density at radius 2 is 1.96 bits per heavy atom. The first kappa shape index (κ1) is 17.5. The molecule has 1 amide bonds. The van der Waals surface area contributed by atoms with Gasteiger partial charge < -0.3 is 5.32 Å². The molecule has 0 heterocycles. The Kier molecular flexibility index (Phi) is 5.71. The van der Waals surface area contributed by atoms with Gasteiger partial charge in [-0.1, -0.05) is 36.4 Å². The number of nitro benzene ring substituents is 1. The van der Waals surface area contributed by atoms with Gasteiger partial charge in [0.1, 0.15) is 0 Å². The summed E-state index contributed by atoms with van der Waals surface area (Å²) in [7, 11) is 0. The van der Waals surface area contributed by atoms with Crippen LogP contribution >= 0.6 is 11.8 Å². The highest BCUT2D eigenvalue weighted by Crippen LogP contribution is 2.29. The van der Waals surface area contributed by atoms with E-state index in [4.69, 9.17) is 0 Å². The topological polar surface area (TPSA) is 72.2 Å². The third-order valence-electron chi connectivity index (χ3n) is 4.35. The van der Waals surface area contributed by atoms with Gasteiger partial charge in [-0.15, -0.1) is 11.8 Å². The van der Waals surface area contributed by atoms with Crippen molar-refractivity contribution in [1.29, 1.82) is 0 Å². The minimum atomic E-state index is -0.410. The van der Waals surface area contributed by atoms with Gasteiger partial charge in [0.25, 0.3) is 5.69 Å². The molecule has 1 atom stereocenters. The molecule has 1 aliphatic carbocycles. The summed E-state index contributed by atoms with van der Waals surface area (Å²) in [5, 5.41) is 13.8. The molecule has 2 aromatic carbocycles. The molecule has 0 spiro atoms. The predicted octanol–water partition coefficient (Wildman–Crippen LogP) is 4.02. The maximum Gasteiger partial charge on any atom is 0.269 e. The summed E-state index contributed by atoms with van der Waals surface area (Å²) in [6.07, 6.45) is 3.16. The Morgan fingerprint density at radius 3 is 2.72 bits per heavy atom. The number of amides is 1. The molecule has 130 valence electrons. The number of rotatable bonds is 6. The van der Waals surface area contributed by atoms with Crippen molar-refractivity contribution in [3.05, 3.63) is 75.3 Å². The second-order valence-electron chi connectivity index (χ2n) is 6.13. The lowest BCUT2D eigenvalue weighted by molar-refractivity contribution is -0.384. The maximum absolute atomic E-state index is 12.2. The Balaban J connectivity index is 1.48. The molecule has 0 saturated carbocycles. The van der Waals surface area contributed by atoms with E-state index in [0.717, 1.165) is 24.8 Å². The van der Waals surface area contributed by atoms with E-state index >= 15 is 0 Å². The van der Waals surface area contributed by atoms with E-state index in [-0.39, 0.29) is 17.6 Å². The Morgan fingerprint density at radius 1 is 1.20 bits per heavy atom. The van der Waals surface area contributed by atoms with E-state index < -0.39 is 4.92 Å². The number of thioether (sulfide) groups is 1. The fraction of sp³-hybridized carbons (Fsp3) is 0.316. The van der Waals surface area contributed by atoms with Crippen molar-refractivity contribution in [2.24, 2.45) is 0 Å². The summed E-state index contributed by atoms with van der Waals surface area (Å²) in [6, 6.07) is 14.9. The first-order chi connectivity index (χ1) is 12.1. The van der Waals surface area contributed by atoms with Crippen molar-refractivity contribution in [3.8, 4) is 0 Å². The van der Waals surface area contributed by atoms with Gasteiger partial charge in [-0.25, -0.2) is 0 Å². The van der Waals surface area contributed by atoms with Crippen LogP contribution in [0.1, 0.15) is 35.6 Å². The summed E-state index contributed by atoms with van der Waals surface area (Å²) >= 11 is 1.52. The average Bonchev–Trinajstić information content (AvgIpc) is 2.62. The van der Waals surface area contributed by atoms with Crippen LogP contribution in [0.2, 0.25) is 0 Å². The molecule has 0 aliphatic heterocycles. The van der Waals surface area contributed by atoms with Crippen LogP contribution in [0.15, 0.2) is 48.5 Å². The fourth-order valence-electron chi connectivity index (χ4n) is 3.12. The summed E-state index contributed by atoms with van der Waals surface area (Å²) in [5.74, 6) is 1.08. The van der Waals surface area contributed by atoms with Crippen LogP contribution in [0.3, 0.4) is 0 Å². The number of nitro groups is 1. The average molecular weight is 356 g/mol. The monoisotopic (exact) mass is 356 g/mol. The normalized spacial score (nSPS) is 16.1. The zero-order valence-electron chi connectivity index (χ0n) is 13.8. The third-order valence-corrected chi connectivity index (χ3v) is 5.36. The zero-order chi connectivity index (χ0) is 17.6. The highest BCUT2D eigenvalue weighted by atomic mass is 32.2. The number of carbonyl (C=O) groups excluding carboxylic acids is 1. The number of aryl methyl sites for hydroxylation is 1. The summed E-state index contributed by atoms with van der Waals surface area (Å²) in [5.41, 5.74) is 3.63. The Labute approximate surface area is 151 Å². The molecule has 1 N–H and O–H groups in total. The van der Waals surface area contributed by atoms with Crippen molar-refractivity contribution in [2.75, 3.05) is 5.75 Å². The quantitative estimate of drug-likeness (QED) is 0.627. The molecule has 0 fully saturated rings. The summed E-state index contributed by atoms with van der Waals surface area (Å²) < 4.78 is 0.